The van der Waals surface area contributed by atoms with Crippen molar-refractivity contribution < 1.29 is 14.6 Å². The fourth-order valence-corrected chi connectivity index (χ4v) is 4.56. The van der Waals surface area contributed by atoms with Crippen LogP contribution in [0.1, 0.15) is 34.6 Å². The van der Waals surface area contributed by atoms with Crippen LogP contribution < -0.4 is 20.3 Å². The van der Waals surface area contributed by atoms with Crippen molar-refractivity contribution >= 4 is 40.9 Å². The fraction of sp³-hybridized carbons (Fsp3) is 0.348. The number of nitrogens with one attached hydrogen (secondary N) is 2. The Labute approximate surface area is 212 Å². The topological polar surface area (TPSA) is 125 Å². The van der Waals surface area contributed by atoms with Gasteiger partial charge in [-0.1, -0.05) is 23.2 Å². The van der Waals surface area contributed by atoms with Gasteiger partial charge < -0.3 is 25.4 Å². The standard InChI is InChI=1S/C23H25Cl2N7O3/c1-35-20-17(24)8-14(9-18(20)25)10-28-21-16(22(34)29-12-19-26-5-3-6-27-19)11-30-23(31-21)32-7-2-4-15(32)13-33/h3,5-6,8-9,11,15,33H,2,4,7,10,12-13H2,1H3,(H,29,34)(H,28,30,31)/t15-/m0/s1. The molecule has 0 unspecified atom stereocenters. The number of methoxy groups -OCH3 is 1. The van der Waals surface area contributed by atoms with Gasteiger partial charge in [0.2, 0.25) is 5.95 Å². The monoisotopic (exact) mass is 517 g/mol. The van der Waals surface area contributed by atoms with Crippen LogP contribution in [0.4, 0.5) is 11.8 Å². The Morgan fingerprint density at radius 3 is 2.63 bits per heavy atom. The van der Waals surface area contributed by atoms with E-state index in [4.69, 9.17) is 27.9 Å². The second-order valence-electron chi connectivity index (χ2n) is 7.90. The molecule has 1 amide bonds. The lowest BCUT2D eigenvalue weighted by Crippen LogP contribution is -2.34. The smallest absolute Gasteiger partial charge is 0.256 e. The molecule has 1 aromatic carbocycles. The number of amides is 1. The molecule has 0 saturated carbocycles. The first-order chi connectivity index (χ1) is 17.0. The summed E-state index contributed by atoms with van der Waals surface area (Å²) in [5.41, 5.74) is 1.04. The zero-order valence-corrected chi connectivity index (χ0v) is 20.6. The van der Waals surface area contributed by atoms with Gasteiger partial charge in [-0.25, -0.2) is 15.0 Å². The van der Waals surface area contributed by atoms with Gasteiger partial charge in [-0.3, -0.25) is 4.79 Å². The summed E-state index contributed by atoms with van der Waals surface area (Å²) in [5, 5.41) is 16.5. The number of carbonyl (C=O) groups is 1. The molecule has 1 saturated heterocycles. The van der Waals surface area contributed by atoms with Crippen LogP contribution >= 0.6 is 23.2 Å². The number of benzene rings is 1. The van der Waals surface area contributed by atoms with Gasteiger partial charge in [-0.15, -0.1) is 0 Å². The molecular formula is C23H25Cl2N7O3. The molecule has 0 spiro atoms. The number of anilines is 2. The summed E-state index contributed by atoms with van der Waals surface area (Å²) in [6, 6.07) is 5.11. The maximum absolute atomic E-state index is 13.0. The molecule has 3 aromatic rings. The van der Waals surface area contributed by atoms with Crippen molar-refractivity contribution in [2.45, 2.75) is 32.0 Å². The number of nitrogens with zero attached hydrogens (tertiary/aromatic N) is 5. The van der Waals surface area contributed by atoms with Crippen LogP contribution in [-0.4, -0.2) is 57.3 Å². The zero-order chi connectivity index (χ0) is 24.8. The second-order valence-corrected chi connectivity index (χ2v) is 8.71. The Morgan fingerprint density at radius 2 is 1.94 bits per heavy atom. The van der Waals surface area contributed by atoms with Crippen molar-refractivity contribution in [2.24, 2.45) is 0 Å². The molecule has 1 aliphatic rings. The number of carbonyl (C=O) groups excluding carboxylic acids is 1. The predicted octanol–water partition coefficient (Wildman–Crippen LogP) is 3.09. The van der Waals surface area contributed by atoms with Crippen molar-refractivity contribution in [2.75, 3.05) is 30.5 Å². The van der Waals surface area contributed by atoms with Crippen LogP contribution in [0.2, 0.25) is 10.0 Å². The number of rotatable bonds is 9. The summed E-state index contributed by atoms with van der Waals surface area (Å²) < 4.78 is 5.21. The van der Waals surface area contributed by atoms with E-state index in [0.717, 1.165) is 24.9 Å². The maximum Gasteiger partial charge on any atom is 0.256 e. The van der Waals surface area contributed by atoms with E-state index in [1.54, 1.807) is 30.6 Å². The summed E-state index contributed by atoms with van der Waals surface area (Å²) in [4.78, 5) is 32.2. The van der Waals surface area contributed by atoms with Crippen LogP contribution in [0, 0.1) is 0 Å². The minimum Gasteiger partial charge on any atom is -0.494 e. The number of ether oxygens (including phenoxy) is 1. The van der Waals surface area contributed by atoms with Crippen molar-refractivity contribution in [1.82, 2.24) is 25.3 Å². The van der Waals surface area contributed by atoms with Crippen LogP contribution in [0.5, 0.6) is 5.75 Å². The normalized spacial score (nSPS) is 15.2. The fourth-order valence-electron chi connectivity index (χ4n) is 3.87. The summed E-state index contributed by atoms with van der Waals surface area (Å²) in [6.07, 6.45) is 6.48. The van der Waals surface area contributed by atoms with Crippen molar-refractivity contribution in [3.05, 3.63) is 63.8 Å². The maximum atomic E-state index is 13.0. The van der Waals surface area contributed by atoms with Gasteiger partial charge in [0.1, 0.15) is 17.2 Å². The molecule has 0 radical (unpaired) electrons. The number of aliphatic hydroxyl groups is 1. The Balaban J connectivity index is 1.58. The average Bonchev–Trinajstić information content (AvgIpc) is 3.35. The molecule has 1 fully saturated rings. The lowest BCUT2D eigenvalue weighted by Gasteiger charge is -2.24. The molecule has 12 heteroatoms. The highest BCUT2D eigenvalue weighted by molar-refractivity contribution is 6.37. The third-order valence-electron chi connectivity index (χ3n) is 5.61. The molecule has 3 N–H and O–H groups in total. The molecule has 1 aliphatic heterocycles. The zero-order valence-electron chi connectivity index (χ0n) is 19.0. The van der Waals surface area contributed by atoms with Crippen LogP contribution in [0.25, 0.3) is 0 Å². The van der Waals surface area contributed by atoms with Gasteiger partial charge in [0.05, 0.1) is 36.3 Å². The second kappa shape index (κ2) is 11.5. The molecule has 2 aromatic heterocycles. The van der Waals surface area contributed by atoms with Crippen LogP contribution in [-0.2, 0) is 13.1 Å². The van der Waals surface area contributed by atoms with Gasteiger partial charge in [-0.05, 0) is 36.6 Å². The minimum absolute atomic E-state index is 0.00822. The Kier molecular flexibility index (Phi) is 8.17. The van der Waals surface area contributed by atoms with E-state index in [0.29, 0.717) is 39.9 Å². The Morgan fingerprint density at radius 1 is 1.20 bits per heavy atom. The summed E-state index contributed by atoms with van der Waals surface area (Å²) in [5.74, 6) is 1.29. The number of aliphatic hydroxyl groups excluding tert-OH is 1. The van der Waals surface area contributed by atoms with Gasteiger partial charge in [0.25, 0.3) is 5.91 Å². The van der Waals surface area contributed by atoms with E-state index in [9.17, 15) is 9.90 Å². The first-order valence-corrected chi connectivity index (χ1v) is 11.8. The summed E-state index contributed by atoms with van der Waals surface area (Å²) >= 11 is 12.5. The number of hydrogen-bond donors (Lipinski definition) is 3. The lowest BCUT2D eigenvalue weighted by molar-refractivity contribution is 0.0950. The largest absolute Gasteiger partial charge is 0.494 e. The van der Waals surface area contributed by atoms with Crippen molar-refractivity contribution in [1.29, 1.82) is 0 Å². The van der Waals surface area contributed by atoms with Crippen LogP contribution in [0.15, 0.2) is 36.8 Å². The highest BCUT2D eigenvalue weighted by Gasteiger charge is 2.27. The third-order valence-corrected chi connectivity index (χ3v) is 6.18. The summed E-state index contributed by atoms with van der Waals surface area (Å²) in [6.45, 7) is 1.19. The van der Waals surface area contributed by atoms with E-state index >= 15 is 0 Å². The molecule has 0 bridgehead atoms. The van der Waals surface area contributed by atoms with Gasteiger partial charge in [-0.2, -0.15) is 4.98 Å². The number of halogens is 2. The number of aromatic nitrogens is 4. The van der Waals surface area contributed by atoms with Gasteiger partial charge >= 0.3 is 0 Å². The van der Waals surface area contributed by atoms with E-state index in [1.807, 2.05) is 4.90 Å². The molecule has 3 heterocycles. The average molecular weight is 518 g/mol. The van der Waals surface area contributed by atoms with Gasteiger partial charge in [0, 0.05) is 31.7 Å². The predicted molar refractivity (Wildman–Crippen MR) is 133 cm³/mol. The van der Waals surface area contributed by atoms with Gasteiger partial charge in [0.15, 0.2) is 5.75 Å². The molecule has 4 rings (SSSR count). The van der Waals surface area contributed by atoms with E-state index < -0.39 is 0 Å². The molecule has 1 atom stereocenters. The van der Waals surface area contributed by atoms with E-state index in [-0.39, 0.29) is 30.7 Å². The SMILES string of the molecule is COc1c(Cl)cc(CNc2nc(N3CCC[C@H]3CO)ncc2C(=O)NCc2ncccn2)cc1Cl. The Hall–Kier alpha value is -3.21. The molecule has 0 aliphatic carbocycles. The van der Waals surface area contributed by atoms with Crippen LogP contribution in [0.3, 0.4) is 0 Å². The first-order valence-electron chi connectivity index (χ1n) is 11.0. The molecule has 184 valence electrons. The highest BCUT2D eigenvalue weighted by atomic mass is 35.5. The summed E-state index contributed by atoms with van der Waals surface area (Å²) in [7, 11) is 1.50. The van der Waals surface area contributed by atoms with Crippen molar-refractivity contribution in [3.63, 3.8) is 0 Å². The lowest BCUT2D eigenvalue weighted by atomic mass is 10.2. The minimum atomic E-state index is -0.377. The van der Waals surface area contributed by atoms with Crippen molar-refractivity contribution in [3.8, 4) is 5.75 Å². The van der Waals surface area contributed by atoms with E-state index in [2.05, 4.69) is 30.6 Å². The highest BCUT2D eigenvalue weighted by Crippen LogP contribution is 2.34. The Bertz CT molecular complexity index is 1160. The quantitative estimate of drug-likeness (QED) is 0.392. The molecule has 35 heavy (non-hydrogen) atoms. The third kappa shape index (κ3) is 5.90. The molecule has 10 nitrogen and oxygen atoms in total. The first kappa shape index (κ1) is 24.9. The molecular weight excluding hydrogens is 493 g/mol. The number of hydrogen-bond acceptors (Lipinski definition) is 9. The van der Waals surface area contributed by atoms with E-state index in [1.165, 1.54) is 13.3 Å².